The summed E-state index contributed by atoms with van der Waals surface area (Å²) in [7, 11) is -3.49. The molecule has 0 aromatic heterocycles. The van der Waals surface area contributed by atoms with Gasteiger partial charge in [0.15, 0.2) is 0 Å². The van der Waals surface area contributed by atoms with Gasteiger partial charge in [0, 0.05) is 31.2 Å². The SMILES string of the molecule is CCN(CC)S(=O)(=O)c1ccc(C(=O)NCC(N)C2CC2)cc1. The zero-order valence-electron chi connectivity index (χ0n) is 13.7. The number of nitrogens with zero attached hydrogens (tertiary/aromatic N) is 1. The van der Waals surface area contributed by atoms with E-state index in [9.17, 15) is 13.2 Å². The summed E-state index contributed by atoms with van der Waals surface area (Å²) in [6.45, 7) is 4.88. The minimum absolute atomic E-state index is 0.00117. The lowest BCUT2D eigenvalue weighted by Crippen LogP contribution is -2.38. The molecule has 1 aromatic carbocycles. The fraction of sp³-hybridized carbons (Fsp3) is 0.562. The van der Waals surface area contributed by atoms with E-state index in [4.69, 9.17) is 5.73 Å². The summed E-state index contributed by atoms with van der Waals surface area (Å²) in [4.78, 5) is 12.3. The molecule has 1 aliphatic rings. The van der Waals surface area contributed by atoms with Gasteiger partial charge in [-0.05, 0) is 43.0 Å². The largest absolute Gasteiger partial charge is 0.350 e. The maximum Gasteiger partial charge on any atom is 0.251 e. The third kappa shape index (κ3) is 4.31. The second-order valence-electron chi connectivity index (χ2n) is 5.83. The molecule has 2 rings (SSSR count). The van der Waals surface area contributed by atoms with Crippen molar-refractivity contribution >= 4 is 15.9 Å². The number of hydrogen-bond donors (Lipinski definition) is 2. The van der Waals surface area contributed by atoms with Crippen LogP contribution in [0, 0.1) is 5.92 Å². The summed E-state index contributed by atoms with van der Waals surface area (Å²) < 4.78 is 26.1. The summed E-state index contributed by atoms with van der Waals surface area (Å²) in [5.41, 5.74) is 6.39. The van der Waals surface area contributed by atoms with Crippen LogP contribution in [-0.2, 0) is 10.0 Å². The van der Waals surface area contributed by atoms with Crippen LogP contribution in [0.15, 0.2) is 29.2 Å². The van der Waals surface area contributed by atoms with Crippen molar-refractivity contribution in [2.45, 2.75) is 37.6 Å². The molecule has 1 amide bonds. The van der Waals surface area contributed by atoms with Crippen molar-refractivity contribution < 1.29 is 13.2 Å². The van der Waals surface area contributed by atoms with Crippen molar-refractivity contribution in [2.24, 2.45) is 11.7 Å². The topological polar surface area (TPSA) is 92.5 Å². The first-order valence-corrected chi connectivity index (χ1v) is 9.48. The quantitative estimate of drug-likeness (QED) is 0.744. The number of sulfonamides is 1. The summed E-state index contributed by atoms with van der Waals surface area (Å²) in [5.74, 6) is 0.296. The van der Waals surface area contributed by atoms with E-state index in [1.807, 2.05) is 0 Å². The second kappa shape index (κ2) is 7.42. The van der Waals surface area contributed by atoms with Crippen LogP contribution >= 0.6 is 0 Å². The number of rotatable bonds is 8. The molecule has 0 spiro atoms. The number of nitrogens with two attached hydrogens (primary N) is 1. The van der Waals surface area contributed by atoms with Crippen molar-refractivity contribution in [1.29, 1.82) is 0 Å². The smallest absolute Gasteiger partial charge is 0.251 e. The van der Waals surface area contributed by atoms with E-state index in [2.05, 4.69) is 5.32 Å². The van der Waals surface area contributed by atoms with Crippen molar-refractivity contribution in [3.8, 4) is 0 Å². The Morgan fingerprint density at radius 3 is 2.30 bits per heavy atom. The lowest BCUT2D eigenvalue weighted by molar-refractivity contribution is 0.0950. The Kier molecular flexibility index (Phi) is 5.78. The Hall–Kier alpha value is -1.44. The van der Waals surface area contributed by atoms with Crippen molar-refractivity contribution in [2.75, 3.05) is 19.6 Å². The molecular weight excluding hydrogens is 314 g/mol. The molecule has 1 aliphatic carbocycles. The summed E-state index contributed by atoms with van der Waals surface area (Å²) in [6.07, 6.45) is 2.27. The maximum absolute atomic E-state index is 12.4. The van der Waals surface area contributed by atoms with Crippen LogP contribution in [0.5, 0.6) is 0 Å². The van der Waals surface area contributed by atoms with Gasteiger partial charge < -0.3 is 11.1 Å². The highest BCUT2D eigenvalue weighted by molar-refractivity contribution is 7.89. The van der Waals surface area contributed by atoms with Gasteiger partial charge in [0.2, 0.25) is 10.0 Å². The molecule has 0 radical (unpaired) electrons. The van der Waals surface area contributed by atoms with Gasteiger partial charge in [-0.2, -0.15) is 4.31 Å². The molecule has 1 aromatic rings. The van der Waals surface area contributed by atoms with Gasteiger partial charge in [-0.1, -0.05) is 13.8 Å². The molecule has 128 valence electrons. The molecule has 7 heteroatoms. The van der Waals surface area contributed by atoms with Crippen LogP contribution in [0.25, 0.3) is 0 Å². The first-order valence-electron chi connectivity index (χ1n) is 8.04. The van der Waals surface area contributed by atoms with Gasteiger partial charge >= 0.3 is 0 Å². The monoisotopic (exact) mass is 339 g/mol. The fourth-order valence-corrected chi connectivity index (χ4v) is 3.95. The first kappa shape index (κ1) is 17.9. The van der Waals surface area contributed by atoms with Gasteiger partial charge in [0.05, 0.1) is 4.90 Å². The van der Waals surface area contributed by atoms with Crippen LogP contribution in [0.3, 0.4) is 0 Å². The minimum Gasteiger partial charge on any atom is -0.350 e. The van der Waals surface area contributed by atoms with Crippen molar-refractivity contribution in [3.63, 3.8) is 0 Å². The Labute approximate surface area is 138 Å². The first-order chi connectivity index (χ1) is 10.9. The Morgan fingerprint density at radius 2 is 1.83 bits per heavy atom. The van der Waals surface area contributed by atoms with Crippen LogP contribution in [0.4, 0.5) is 0 Å². The second-order valence-corrected chi connectivity index (χ2v) is 7.76. The number of benzene rings is 1. The lowest BCUT2D eigenvalue weighted by Gasteiger charge is -2.18. The Bertz CT molecular complexity index is 635. The van der Waals surface area contributed by atoms with E-state index in [0.29, 0.717) is 31.1 Å². The molecule has 0 saturated heterocycles. The molecule has 6 nitrogen and oxygen atoms in total. The van der Waals surface area contributed by atoms with Gasteiger partial charge in [-0.3, -0.25) is 4.79 Å². The number of amides is 1. The number of nitrogens with one attached hydrogen (secondary N) is 1. The molecule has 1 unspecified atom stereocenters. The van der Waals surface area contributed by atoms with Crippen LogP contribution in [0.1, 0.15) is 37.0 Å². The van der Waals surface area contributed by atoms with E-state index < -0.39 is 10.0 Å². The average Bonchev–Trinajstić information content (AvgIpc) is 3.38. The van der Waals surface area contributed by atoms with Gasteiger partial charge in [0.25, 0.3) is 5.91 Å². The zero-order chi connectivity index (χ0) is 17.0. The maximum atomic E-state index is 12.4. The summed E-state index contributed by atoms with van der Waals surface area (Å²) >= 11 is 0. The normalized spacial score (nSPS) is 16.3. The molecule has 0 heterocycles. The Morgan fingerprint density at radius 1 is 1.26 bits per heavy atom. The predicted molar refractivity (Wildman–Crippen MR) is 89.6 cm³/mol. The summed E-state index contributed by atoms with van der Waals surface area (Å²) in [5, 5.41) is 2.80. The van der Waals surface area contributed by atoms with E-state index in [0.717, 1.165) is 12.8 Å². The zero-order valence-corrected chi connectivity index (χ0v) is 14.5. The molecule has 1 fully saturated rings. The third-order valence-electron chi connectivity index (χ3n) is 4.19. The van der Waals surface area contributed by atoms with Crippen molar-refractivity contribution in [3.05, 3.63) is 29.8 Å². The van der Waals surface area contributed by atoms with Gasteiger partial charge in [-0.15, -0.1) is 0 Å². The summed E-state index contributed by atoms with van der Waals surface area (Å²) in [6, 6.07) is 6.02. The van der Waals surface area contributed by atoms with Crippen molar-refractivity contribution in [1.82, 2.24) is 9.62 Å². The highest BCUT2D eigenvalue weighted by atomic mass is 32.2. The molecule has 0 bridgehead atoms. The van der Waals surface area contributed by atoms with Gasteiger partial charge in [0.1, 0.15) is 0 Å². The minimum atomic E-state index is -3.49. The number of hydrogen-bond acceptors (Lipinski definition) is 4. The molecule has 23 heavy (non-hydrogen) atoms. The molecule has 1 atom stereocenters. The Balaban J connectivity index is 2.02. The highest BCUT2D eigenvalue weighted by Crippen LogP contribution is 2.31. The molecule has 1 saturated carbocycles. The number of carbonyl (C=O) groups excluding carboxylic acids is 1. The average molecular weight is 339 g/mol. The van der Waals surface area contributed by atoms with Gasteiger partial charge in [-0.25, -0.2) is 8.42 Å². The predicted octanol–water partition coefficient (Wildman–Crippen LogP) is 1.18. The standard InChI is InChI=1S/C16H25N3O3S/c1-3-19(4-2)23(21,22)14-9-7-13(8-10-14)16(20)18-11-15(17)12-5-6-12/h7-10,12,15H,3-6,11,17H2,1-2H3,(H,18,20). The van der Waals surface area contributed by atoms with E-state index in [1.54, 1.807) is 13.8 Å². The molecular formula is C16H25N3O3S. The van der Waals surface area contributed by atoms with Crippen LogP contribution in [0.2, 0.25) is 0 Å². The third-order valence-corrected chi connectivity index (χ3v) is 6.25. The lowest BCUT2D eigenvalue weighted by atomic mass is 10.2. The number of carbonyl (C=O) groups is 1. The van der Waals surface area contributed by atoms with Crippen LogP contribution < -0.4 is 11.1 Å². The van der Waals surface area contributed by atoms with E-state index >= 15 is 0 Å². The van der Waals surface area contributed by atoms with E-state index in [1.165, 1.54) is 28.6 Å². The highest BCUT2D eigenvalue weighted by Gasteiger charge is 2.28. The van der Waals surface area contributed by atoms with E-state index in [-0.39, 0.29) is 16.8 Å². The molecule has 3 N–H and O–H groups in total. The van der Waals surface area contributed by atoms with Crippen LogP contribution in [-0.4, -0.2) is 44.3 Å². The fourth-order valence-electron chi connectivity index (χ4n) is 2.49. The molecule has 0 aliphatic heterocycles.